The molecule has 0 fully saturated rings. The van der Waals surface area contributed by atoms with Gasteiger partial charge in [0, 0.05) is 11.6 Å². The minimum atomic E-state index is -1.54. The Kier molecular flexibility index (Phi) is 3.98. The van der Waals surface area contributed by atoms with Gasteiger partial charge in [0.1, 0.15) is 0 Å². The fraction of sp³-hybridized carbons (Fsp3) is 0. The molecule has 0 heterocycles. The minimum Gasteiger partial charge on any atom is -0.289 e. The highest BCUT2D eigenvalue weighted by Gasteiger charge is 2.17. The number of ketones is 1. The second kappa shape index (κ2) is 5.69. The lowest BCUT2D eigenvalue weighted by atomic mass is 10.1. The summed E-state index contributed by atoms with van der Waals surface area (Å²) in [6.07, 6.45) is 1.57. The predicted molar refractivity (Wildman–Crippen MR) is 66.1 cm³/mol. The molecule has 0 bridgehead atoms. The van der Waals surface area contributed by atoms with Gasteiger partial charge in [0.2, 0.25) is 0 Å². The third kappa shape index (κ3) is 2.77. The monoisotopic (exact) mass is 280 g/mol. The van der Waals surface area contributed by atoms with Crippen LogP contribution in [0.1, 0.15) is 15.9 Å². The van der Waals surface area contributed by atoms with Crippen molar-refractivity contribution in [3.8, 4) is 0 Å². The van der Waals surface area contributed by atoms with E-state index in [9.17, 15) is 22.4 Å². The summed E-state index contributed by atoms with van der Waals surface area (Å²) in [5.41, 5.74) is -0.631. The average molecular weight is 280 g/mol. The molecule has 0 unspecified atom stereocenters. The van der Waals surface area contributed by atoms with E-state index in [0.29, 0.717) is 11.6 Å². The van der Waals surface area contributed by atoms with Gasteiger partial charge in [-0.15, -0.1) is 0 Å². The summed E-state index contributed by atoms with van der Waals surface area (Å²) < 4.78 is 52.6. The topological polar surface area (TPSA) is 17.1 Å². The minimum absolute atomic E-state index is 0.112. The van der Waals surface area contributed by atoms with E-state index in [0.717, 1.165) is 6.08 Å². The van der Waals surface area contributed by atoms with E-state index in [1.54, 1.807) is 18.2 Å². The fourth-order valence-electron chi connectivity index (χ4n) is 1.60. The van der Waals surface area contributed by atoms with Gasteiger partial charge >= 0.3 is 0 Å². The summed E-state index contributed by atoms with van der Waals surface area (Å²) in [6, 6.07) is 8.05. The molecule has 0 aromatic heterocycles. The van der Waals surface area contributed by atoms with Crippen molar-refractivity contribution in [3.63, 3.8) is 0 Å². The first kappa shape index (κ1) is 14.0. The van der Waals surface area contributed by atoms with Crippen LogP contribution in [0, 0.1) is 23.3 Å². The van der Waals surface area contributed by atoms with Gasteiger partial charge in [-0.2, -0.15) is 0 Å². The van der Waals surface area contributed by atoms with Crippen LogP contribution < -0.4 is 0 Å². The Bertz CT molecular complexity index is 652. The summed E-state index contributed by atoms with van der Waals surface area (Å²) >= 11 is 0. The lowest BCUT2D eigenvalue weighted by Crippen LogP contribution is -1.99. The highest BCUT2D eigenvalue weighted by Crippen LogP contribution is 2.20. The molecule has 5 heteroatoms. The molecule has 0 amide bonds. The van der Waals surface area contributed by atoms with Crippen LogP contribution in [-0.4, -0.2) is 5.78 Å². The number of benzene rings is 2. The van der Waals surface area contributed by atoms with Crippen LogP contribution >= 0.6 is 0 Å². The van der Waals surface area contributed by atoms with Crippen molar-refractivity contribution < 1.29 is 22.4 Å². The first-order valence-corrected chi connectivity index (χ1v) is 5.61. The molecule has 102 valence electrons. The molecule has 0 saturated heterocycles. The molecule has 0 spiro atoms. The molecular weight excluding hydrogens is 272 g/mol. The van der Waals surface area contributed by atoms with Gasteiger partial charge in [-0.25, -0.2) is 17.6 Å². The van der Waals surface area contributed by atoms with Crippen LogP contribution in [0.25, 0.3) is 6.08 Å². The third-order valence-electron chi connectivity index (χ3n) is 2.61. The maximum absolute atomic E-state index is 13.4. The number of halogens is 4. The second-order valence-electron chi connectivity index (χ2n) is 3.95. The Balaban J connectivity index is 2.36. The van der Waals surface area contributed by atoms with Gasteiger partial charge in [0.25, 0.3) is 0 Å². The van der Waals surface area contributed by atoms with Crippen LogP contribution in [-0.2, 0) is 0 Å². The van der Waals surface area contributed by atoms with E-state index < -0.39 is 34.6 Å². The van der Waals surface area contributed by atoms with Crippen molar-refractivity contribution in [2.24, 2.45) is 0 Å². The van der Waals surface area contributed by atoms with Crippen molar-refractivity contribution in [2.45, 2.75) is 0 Å². The average Bonchev–Trinajstić information content (AvgIpc) is 2.46. The molecular formula is C15H8F4O. The number of rotatable bonds is 3. The van der Waals surface area contributed by atoms with Crippen molar-refractivity contribution in [1.29, 1.82) is 0 Å². The van der Waals surface area contributed by atoms with Crippen molar-refractivity contribution >= 4 is 11.9 Å². The molecule has 0 N–H and O–H groups in total. The van der Waals surface area contributed by atoms with E-state index in [1.165, 1.54) is 12.1 Å². The van der Waals surface area contributed by atoms with Gasteiger partial charge in [-0.3, -0.25) is 4.79 Å². The Morgan fingerprint density at radius 1 is 0.900 bits per heavy atom. The normalized spacial score (nSPS) is 11.0. The molecule has 2 rings (SSSR count). The summed E-state index contributed by atoms with van der Waals surface area (Å²) in [6.45, 7) is 0. The van der Waals surface area contributed by atoms with Crippen molar-refractivity contribution in [3.05, 3.63) is 76.9 Å². The van der Waals surface area contributed by atoms with Crippen molar-refractivity contribution in [1.82, 2.24) is 0 Å². The van der Waals surface area contributed by atoms with Gasteiger partial charge in [-0.05, 0) is 12.2 Å². The number of carbonyl (C=O) groups excluding carboxylic acids is 1. The number of carbonyl (C=O) groups is 1. The SMILES string of the molecule is O=C(/C=C/c1c(F)c(F)cc(F)c1F)c1ccccc1. The third-order valence-corrected chi connectivity index (χ3v) is 2.61. The molecule has 20 heavy (non-hydrogen) atoms. The lowest BCUT2D eigenvalue weighted by molar-refractivity contribution is 0.104. The largest absolute Gasteiger partial charge is 0.289 e. The second-order valence-corrected chi connectivity index (χ2v) is 3.95. The van der Waals surface area contributed by atoms with Crippen LogP contribution in [0.3, 0.4) is 0 Å². The van der Waals surface area contributed by atoms with Gasteiger partial charge in [0.05, 0.1) is 5.56 Å². The summed E-state index contributed by atoms with van der Waals surface area (Å²) in [5.74, 6) is -6.65. The van der Waals surface area contributed by atoms with Crippen LogP contribution in [0.2, 0.25) is 0 Å². The number of hydrogen-bond acceptors (Lipinski definition) is 1. The standard InChI is InChI=1S/C15H8F4O/c16-11-8-12(17)15(19)10(14(11)18)6-7-13(20)9-4-2-1-3-5-9/h1-8H/b7-6+. The smallest absolute Gasteiger partial charge is 0.185 e. The van der Waals surface area contributed by atoms with Crippen LogP contribution in [0.5, 0.6) is 0 Å². The van der Waals surface area contributed by atoms with Gasteiger partial charge in [0.15, 0.2) is 29.1 Å². The van der Waals surface area contributed by atoms with Crippen LogP contribution in [0.4, 0.5) is 17.6 Å². The summed E-state index contributed by atoms with van der Waals surface area (Å²) in [4.78, 5) is 11.7. The molecule has 0 atom stereocenters. The van der Waals surface area contributed by atoms with Crippen molar-refractivity contribution in [2.75, 3.05) is 0 Å². The first-order chi connectivity index (χ1) is 9.50. The van der Waals surface area contributed by atoms with E-state index in [4.69, 9.17) is 0 Å². The zero-order chi connectivity index (χ0) is 14.7. The Labute approximate surface area is 112 Å². The highest BCUT2D eigenvalue weighted by molar-refractivity contribution is 6.06. The molecule has 2 aromatic carbocycles. The van der Waals surface area contributed by atoms with E-state index in [2.05, 4.69) is 0 Å². The van der Waals surface area contributed by atoms with E-state index in [-0.39, 0.29) is 6.07 Å². The summed E-state index contributed by atoms with van der Waals surface area (Å²) in [5, 5.41) is 0. The Morgan fingerprint density at radius 2 is 1.45 bits per heavy atom. The zero-order valence-corrected chi connectivity index (χ0v) is 10.0. The molecule has 0 aliphatic heterocycles. The maximum atomic E-state index is 13.4. The van der Waals surface area contributed by atoms with Gasteiger partial charge in [-0.1, -0.05) is 30.3 Å². The van der Waals surface area contributed by atoms with E-state index in [1.807, 2.05) is 0 Å². The molecule has 0 radical (unpaired) electrons. The highest BCUT2D eigenvalue weighted by atomic mass is 19.2. The number of hydrogen-bond donors (Lipinski definition) is 0. The van der Waals surface area contributed by atoms with Crippen LogP contribution in [0.15, 0.2) is 42.5 Å². The molecule has 0 aliphatic rings. The van der Waals surface area contributed by atoms with E-state index >= 15 is 0 Å². The Morgan fingerprint density at radius 3 is 2.00 bits per heavy atom. The first-order valence-electron chi connectivity index (χ1n) is 5.61. The maximum Gasteiger partial charge on any atom is 0.185 e. The molecule has 2 aromatic rings. The quantitative estimate of drug-likeness (QED) is 0.357. The zero-order valence-electron chi connectivity index (χ0n) is 10.0. The molecule has 1 nitrogen and oxygen atoms in total. The predicted octanol–water partition coefficient (Wildman–Crippen LogP) is 4.14. The number of allylic oxidation sites excluding steroid dienone is 1. The Hall–Kier alpha value is -2.43. The van der Waals surface area contributed by atoms with Gasteiger partial charge < -0.3 is 0 Å². The summed E-state index contributed by atoms with van der Waals surface area (Å²) in [7, 11) is 0. The molecule has 0 saturated carbocycles. The fourth-order valence-corrected chi connectivity index (χ4v) is 1.60. The lowest BCUT2D eigenvalue weighted by Gasteiger charge is -2.02. The molecule has 0 aliphatic carbocycles.